The van der Waals surface area contributed by atoms with Crippen LogP contribution in [0.2, 0.25) is 0 Å². The van der Waals surface area contributed by atoms with Gasteiger partial charge in [-0.2, -0.15) is 9.97 Å². The first-order chi connectivity index (χ1) is 47.6. The third-order valence-electron chi connectivity index (χ3n) is 17.9. The first-order valence-electron chi connectivity index (χ1n) is 34.1. The molecule has 2 aromatic carbocycles. The van der Waals surface area contributed by atoms with Gasteiger partial charge in [-0.15, -0.1) is 45.5 Å². The zero-order valence-corrected chi connectivity index (χ0v) is 62.3. The van der Waals surface area contributed by atoms with Crippen molar-refractivity contribution in [3.63, 3.8) is 0 Å². The van der Waals surface area contributed by atoms with Crippen molar-refractivity contribution in [1.29, 1.82) is 0 Å². The number of nitrogens with two attached hydrogens (primary N) is 3. The molecule has 26 nitrogen and oxygen atoms in total. The van der Waals surface area contributed by atoms with Crippen LogP contribution in [-0.2, 0) is 33.3 Å². The normalized spacial score (nSPS) is 25.1. The molecule has 0 bridgehead atoms. The van der Waals surface area contributed by atoms with E-state index in [9.17, 15) is 45.0 Å². The Balaban J connectivity index is 0.000000228. The molecule has 6 heterocycles. The standard InChI is InChI=1S/C35H45N4O7P.C20H35N4O5P.C17H26N3O3P/c1-22(33(42)46-35(43)44-21-27-25-14-7-5-12-23(25)24-13-6-8-15-26(24)27)11-9-10-18-37-34-38-29(36)16-19-39(34)32-31(41)30(40)28(45-32)17-20-47(2,3)4;1-13(19(27)28)7-5-6-10-22-20-23-15(21)8-11-24(20)18-17(26)16(25)14(29-18)9-12-30(2,3)4;1-6-7-12-10-20(11(2)19-16(12)18)17-15(22)14(21)13(23-17)8-9-24(3,4)5/h5-8,12-16,19,22,27-28,30-32,40-41H,2,9-11,17-18,20-21H2,1,3-4H3,(H2,36,37,38);8,11,13-14,16-18,25-26H,2,5-7,9-10,12H2,1,3-4H3,(H,27,28)(H2,21,22,23);10,13-15,17,21-22H,2-3,8-9H2,1,4-5H3,(H2,18,19)/t22?,28-,30-,31-,32?;13?,14-,16-,17-,18?;13-,14-,15-,17?/m111/s1. The van der Waals surface area contributed by atoms with Crippen molar-refractivity contribution >= 4 is 75.1 Å². The fourth-order valence-corrected chi connectivity index (χ4v) is 14.9. The molecule has 101 heavy (non-hydrogen) atoms. The lowest BCUT2D eigenvalue weighted by Gasteiger charge is -2.31. The number of rotatable bonds is 26. The van der Waals surface area contributed by atoms with Gasteiger partial charge in [-0.3, -0.25) is 28.7 Å². The summed E-state index contributed by atoms with van der Waals surface area (Å²) in [6.07, 6.45) is 14.4. The number of carboxylic acid groups (broad SMARTS) is 1. The minimum atomic E-state index is -1.32. The summed E-state index contributed by atoms with van der Waals surface area (Å²) < 4.78 is 31.5. The van der Waals surface area contributed by atoms with Crippen LogP contribution < -0.4 is 28.4 Å². The highest BCUT2D eigenvalue weighted by atomic mass is 31.2. The average molecular weight is 1460 g/mol. The number of hydrogen-bond donors (Lipinski definition) is 10. The maximum absolute atomic E-state index is 12.6. The third-order valence-corrected chi connectivity index (χ3v) is 22.3. The number of benzene rings is 2. The number of aliphatic hydroxyl groups is 6. The molecule has 29 heteroatoms. The molecule has 13 N–H and O–H groups in total. The fraction of sp³-hybridized carbons (Fsp3) is 0.542. The molecule has 2 aromatic heterocycles. The number of esters is 1. The number of carbonyl (C=O) groups excluding carboxylic acids is 2. The van der Waals surface area contributed by atoms with Crippen molar-refractivity contribution in [2.24, 2.45) is 32.5 Å². The van der Waals surface area contributed by atoms with Crippen LogP contribution in [-0.4, -0.2) is 242 Å². The van der Waals surface area contributed by atoms with E-state index in [1.54, 1.807) is 65.5 Å². The van der Waals surface area contributed by atoms with Gasteiger partial charge in [-0.05, 0) is 145 Å². The van der Waals surface area contributed by atoms with Gasteiger partial charge in [0.2, 0.25) is 11.2 Å². The number of aliphatic carboxylic acids is 1. The van der Waals surface area contributed by atoms with Crippen molar-refractivity contribution in [2.75, 3.05) is 89.6 Å². The molecule has 9 rings (SSSR count). The molecule has 5 unspecified atom stereocenters. The second-order valence-electron chi connectivity index (χ2n) is 28.4. The van der Waals surface area contributed by atoms with Gasteiger partial charge in [0.1, 0.15) is 66.5 Å². The molecule has 3 fully saturated rings. The highest BCUT2D eigenvalue weighted by molar-refractivity contribution is 7.72. The summed E-state index contributed by atoms with van der Waals surface area (Å²) in [5, 5.41) is 72.1. The number of nitrogen functional groups attached to an aromatic ring is 2. The van der Waals surface area contributed by atoms with Crippen LogP contribution in [0.4, 0.5) is 16.4 Å². The van der Waals surface area contributed by atoms with Crippen LogP contribution in [0, 0.1) is 23.7 Å². The number of nitrogens with zero attached hydrogens (tertiary/aromatic N) is 8. The molecule has 3 saturated heterocycles. The van der Waals surface area contributed by atoms with Gasteiger partial charge >= 0.3 is 18.1 Å². The molecule has 5 aliphatic rings. The Morgan fingerprint density at radius 1 is 0.624 bits per heavy atom. The Kier molecular flexibility index (Phi) is 29.4. The number of aromatic nitrogens is 4. The van der Waals surface area contributed by atoms with E-state index in [0.29, 0.717) is 81.5 Å². The number of aliphatic hydroxyl groups excluding tert-OH is 6. The zero-order chi connectivity index (χ0) is 74.3. The zero-order valence-electron chi connectivity index (χ0n) is 59.6. The lowest BCUT2D eigenvalue weighted by Crippen LogP contribution is -2.42. The highest BCUT2D eigenvalue weighted by Crippen LogP contribution is 2.46. The predicted molar refractivity (Wildman–Crippen MR) is 402 cm³/mol. The highest BCUT2D eigenvalue weighted by Gasteiger charge is 2.47. The molecule has 0 spiro atoms. The lowest BCUT2D eigenvalue weighted by molar-refractivity contribution is -0.144. The van der Waals surface area contributed by atoms with Gasteiger partial charge in [0, 0.05) is 37.6 Å². The van der Waals surface area contributed by atoms with Gasteiger partial charge in [0.15, 0.2) is 18.7 Å². The van der Waals surface area contributed by atoms with Crippen LogP contribution in [0.15, 0.2) is 112 Å². The van der Waals surface area contributed by atoms with Crippen LogP contribution in [0.1, 0.15) is 108 Å². The van der Waals surface area contributed by atoms with Gasteiger partial charge in [-0.25, -0.2) is 9.79 Å². The van der Waals surface area contributed by atoms with Crippen LogP contribution in [0.5, 0.6) is 0 Å². The Labute approximate surface area is 593 Å². The Morgan fingerprint density at radius 3 is 1.47 bits per heavy atom. The first-order valence-corrected chi connectivity index (χ1v) is 43.2. The minimum Gasteiger partial charge on any atom is -0.481 e. The first kappa shape index (κ1) is 81.4. The summed E-state index contributed by atoms with van der Waals surface area (Å²) in [6.45, 7) is 18.7. The molecule has 0 saturated carbocycles. The maximum Gasteiger partial charge on any atom is 0.516 e. The van der Waals surface area contributed by atoms with Crippen molar-refractivity contribution in [2.45, 2.75) is 158 Å². The quantitative estimate of drug-likeness (QED) is 0.0114. The average Bonchev–Trinajstić information content (AvgIpc) is 1.63. The summed E-state index contributed by atoms with van der Waals surface area (Å²) >= 11 is 0. The molecule has 0 radical (unpaired) electrons. The molecule has 4 aliphatic heterocycles. The summed E-state index contributed by atoms with van der Waals surface area (Å²) in [5.41, 5.74) is 23.1. The second kappa shape index (κ2) is 36.5. The largest absolute Gasteiger partial charge is 0.516 e. The number of ether oxygens (including phenoxy) is 5. The van der Waals surface area contributed by atoms with Crippen molar-refractivity contribution in [3.8, 4) is 23.0 Å². The number of carboxylic acids is 1. The van der Waals surface area contributed by atoms with E-state index >= 15 is 0 Å². The van der Waals surface area contributed by atoms with Crippen LogP contribution in [0.25, 0.3) is 11.1 Å². The molecule has 14 atom stereocenters. The molecule has 1 aliphatic carbocycles. The van der Waals surface area contributed by atoms with Crippen molar-refractivity contribution in [1.82, 2.24) is 24.0 Å². The number of fused-ring (bicyclic) bond motifs is 3. The fourth-order valence-electron chi connectivity index (χ4n) is 12.0. The minimum absolute atomic E-state index is 0.0756. The second-order valence-corrected chi connectivity index (χ2v) is 41.4. The molecule has 0 amide bonds. The Hall–Kier alpha value is -6.94. The van der Waals surface area contributed by atoms with E-state index in [1.807, 2.05) is 36.4 Å². The van der Waals surface area contributed by atoms with Crippen LogP contribution in [0.3, 0.4) is 0 Å². The van der Waals surface area contributed by atoms with Crippen LogP contribution >= 0.6 is 20.7 Å². The van der Waals surface area contributed by atoms with Crippen molar-refractivity contribution in [3.05, 3.63) is 120 Å². The van der Waals surface area contributed by atoms with Gasteiger partial charge in [-0.1, -0.05) is 87.7 Å². The number of aliphatic imine (C=N–C) groups is 1. The van der Waals surface area contributed by atoms with E-state index in [1.165, 1.54) is 0 Å². The van der Waals surface area contributed by atoms with E-state index in [2.05, 4.69) is 114 Å². The monoisotopic (exact) mass is 1460 g/mol. The number of hydrogen-bond acceptors (Lipinski definition) is 23. The van der Waals surface area contributed by atoms with Crippen molar-refractivity contribution < 1.29 is 73.8 Å². The third kappa shape index (κ3) is 23.0. The molecular formula is C72H106N11O15P3. The van der Waals surface area contributed by atoms with E-state index in [4.69, 9.17) is 46.0 Å². The van der Waals surface area contributed by atoms with E-state index in [0.717, 1.165) is 47.2 Å². The summed E-state index contributed by atoms with van der Waals surface area (Å²) in [5.74, 6) is 4.34. The summed E-state index contributed by atoms with van der Waals surface area (Å²) in [6, 6.07) is 19.2. The maximum atomic E-state index is 12.6. The van der Waals surface area contributed by atoms with Gasteiger partial charge in [0.25, 0.3) is 0 Å². The number of amidine groups is 1. The topological polar surface area (TPSA) is 393 Å². The number of anilines is 2. The predicted octanol–water partition coefficient (Wildman–Crippen LogP) is 5.94. The molecular weight excluding hydrogens is 1350 g/mol. The van der Waals surface area contributed by atoms with Gasteiger partial charge < -0.3 is 81.5 Å². The van der Waals surface area contributed by atoms with E-state index < -0.39 is 118 Å². The number of carbonyl (C=O) groups is 3. The number of unbranched alkanes of at least 4 members (excludes halogenated alkanes) is 2. The lowest BCUT2D eigenvalue weighted by atomic mass is 9.98. The van der Waals surface area contributed by atoms with Gasteiger partial charge in [0.05, 0.1) is 35.7 Å². The summed E-state index contributed by atoms with van der Waals surface area (Å²) in [7, 11) is 0. The summed E-state index contributed by atoms with van der Waals surface area (Å²) in [4.78, 5) is 59.3. The molecule has 554 valence electrons. The molecule has 4 aromatic rings. The Morgan fingerprint density at radius 2 is 1.04 bits per heavy atom. The Bertz CT molecular complexity index is 3940. The smallest absolute Gasteiger partial charge is 0.481 e. The SMILES string of the molecule is C=C1N=C(N)C(C#CC)=CN1C1O[C@H](CCP(=C)(C)C)[C@@H](O)[C@H]1O.C=P(C)(C)CC[C@H]1OC(n2ccc(N)nc2=NCCCCC(C)C(=O)O)[C@H](O)[C@@H]1O.C=P(C)(C)CC[C@H]1OC(n2ccc(N)nc2=NCCCCC(C)C(=O)OC(=O)OCC2c3ccccc3-c3ccccc32)[C@H](O)[C@@H]1O. The van der Waals surface area contributed by atoms with E-state index in [-0.39, 0.29) is 41.5 Å².